The van der Waals surface area contributed by atoms with E-state index in [2.05, 4.69) is 10.0 Å². The van der Waals surface area contributed by atoms with Crippen LogP contribution in [0.5, 0.6) is 5.75 Å². The first kappa shape index (κ1) is 9.83. The summed E-state index contributed by atoms with van der Waals surface area (Å²) < 4.78 is 10.5. The Kier molecular flexibility index (Phi) is 2.76. The van der Waals surface area contributed by atoms with Crippen molar-refractivity contribution in [2.24, 2.45) is 5.11 Å². The average Bonchev–Trinajstić information content (AvgIpc) is 2.30. The number of rotatable bonds is 2. The maximum absolute atomic E-state index is 8.51. The summed E-state index contributed by atoms with van der Waals surface area (Å²) in [6.45, 7) is 1.24. The minimum Gasteiger partial charge on any atom is -0.496 e. The third kappa shape index (κ3) is 1.75. The van der Waals surface area contributed by atoms with Gasteiger partial charge in [0.15, 0.2) is 0 Å². The highest BCUT2D eigenvalue weighted by Crippen LogP contribution is 2.36. The van der Waals surface area contributed by atoms with E-state index in [9.17, 15) is 0 Å². The van der Waals surface area contributed by atoms with Crippen LogP contribution in [0.1, 0.15) is 11.1 Å². The SMILES string of the molecule is COc1ccc2c(c1N=[N+]=[N-])CCOC2. The molecule has 0 atom stereocenters. The summed E-state index contributed by atoms with van der Waals surface area (Å²) in [6.07, 6.45) is 0.765. The molecule has 5 heteroatoms. The Bertz CT molecular complexity index is 425. The summed E-state index contributed by atoms with van der Waals surface area (Å²) in [7, 11) is 1.57. The lowest BCUT2D eigenvalue weighted by molar-refractivity contribution is 0.111. The lowest BCUT2D eigenvalue weighted by atomic mass is 10.0. The van der Waals surface area contributed by atoms with Crippen LogP contribution in [-0.4, -0.2) is 13.7 Å². The van der Waals surface area contributed by atoms with Crippen LogP contribution in [-0.2, 0) is 17.8 Å². The molecule has 0 spiro atoms. The molecule has 2 rings (SSSR count). The van der Waals surface area contributed by atoms with E-state index in [-0.39, 0.29) is 0 Å². The predicted octanol–water partition coefficient (Wildman–Crippen LogP) is 2.71. The first-order valence-corrected chi connectivity index (χ1v) is 4.68. The Labute approximate surface area is 87.2 Å². The van der Waals surface area contributed by atoms with Gasteiger partial charge in [0, 0.05) is 4.91 Å². The number of hydrogen-bond donors (Lipinski definition) is 0. The molecule has 0 aromatic heterocycles. The van der Waals surface area contributed by atoms with E-state index < -0.39 is 0 Å². The van der Waals surface area contributed by atoms with Crippen molar-refractivity contribution in [1.29, 1.82) is 0 Å². The van der Waals surface area contributed by atoms with E-state index in [4.69, 9.17) is 15.0 Å². The van der Waals surface area contributed by atoms with Crippen molar-refractivity contribution in [3.8, 4) is 5.75 Å². The highest BCUT2D eigenvalue weighted by atomic mass is 16.5. The van der Waals surface area contributed by atoms with Crippen LogP contribution in [0.2, 0.25) is 0 Å². The van der Waals surface area contributed by atoms with E-state index in [0.29, 0.717) is 24.7 Å². The summed E-state index contributed by atoms with van der Waals surface area (Å²) in [5.74, 6) is 0.619. The molecular weight excluding hydrogens is 194 g/mol. The quantitative estimate of drug-likeness (QED) is 0.423. The number of benzene rings is 1. The highest BCUT2D eigenvalue weighted by molar-refractivity contribution is 5.61. The maximum atomic E-state index is 8.51. The van der Waals surface area contributed by atoms with Gasteiger partial charge in [0.25, 0.3) is 0 Å². The first-order chi connectivity index (χ1) is 7.36. The van der Waals surface area contributed by atoms with Gasteiger partial charge in [-0.15, -0.1) is 0 Å². The van der Waals surface area contributed by atoms with Gasteiger partial charge in [-0.25, -0.2) is 0 Å². The summed E-state index contributed by atoms with van der Waals surface area (Å²) in [5.41, 5.74) is 11.2. The second kappa shape index (κ2) is 4.21. The van der Waals surface area contributed by atoms with Crippen molar-refractivity contribution in [3.05, 3.63) is 33.7 Å². The van der Waals surface area contributed by atoms with Gasteiger partial charge >= 0.3 is 0 Å². The average molecular weight is 205 g/mol. The van der Waals surface area contributed by atoms with Crippen LogP contribution < -0.4 is 4.74 Å². The molecule has 1 aliphatic rings. The molecule has 0 N–H and O–H groups in total. The normalized spacial score (nSPS) is 13.9. The summed E-state index contributed by atoms with van der Waals surface area (Å²) in [5, 5.41) is 3.69. The molecule has 1 aromatic carbocycles. The fourth-order valence-corrected chi connectivity index (χ4v) is 1.75. The molecule has 0 saturated carbocycles. The zero-order chi connectivity index (χ0) is 10.7. The number of nitrogens with zero attached hydrogens (tertiary/aromatic N) is 3. The van der Waals surface area contributed by atoms with E-state index in [1.807, 2.05) is 6.07 Å². The maximum Gasteiger partial charge on any atom is 0.128 e. The third-order valence-electron chi connectivity index (χ3n) is 2.46. The standard InChI is InChI=1S/C10H11N3O2/c1-14-9-3-2-7-6-15-5-4-8(7)10(9)12-13-11/h2-3H,4-6H2,1H3. The molecule has 1 heterocycles. The molecular formula is C10H11N3O2. The summed E-state index contributed by atoms with van der Waals surface area (Å²) >= 11 is 0. The monoisotopic (exact) mass is 205 g/mol. The van der Waals surface area contributed by atoms with Gasteiger partial charge < -0.3 is 9.47 Å². The summed E-state index contributed by atoms with van der Waals surface area (Å²) in [4.78, 5) is 2.83. The molecule has 1 aliphatic heterocycles. The van der Waals surface area contributed by atoms with E-state index in [0.717, 1.165) is 17.5 Å². The van der Waals surface area contributed by atoms with Crippen molar-refractivity contribution in [2.45, 2.75) is 13.0 Å². The third-order valence-corrected chi connectivity index (χ3v) is 2.46. The zero-order valence-electron chi connectivity index (χ0n) is 8.43. The largest absolute Gasteiger partial charge is 0.496 e. The zero-order valence-corrected chi connectivity index (χ0v) is 8.43. The number of ether oxygens (including phenoxy) is 2. The van der Waals surface area contributed by atoms with Gasteiger partial charge in [-0.05, 0) is 29.1 Å². The van der Waals surface area contributed by atoms with Crippen molar-refractivity contribution in [1.82, 2.24) is 0 Å². The van der Waals surface area contributed by atoms with Gasteiger partial charge in [0.05, 0.1) is 26.0 Å². The molecule has 0 saturated heterocycles. The van der Waals surface area contributed by atoms with Gasteiger partial charge in [0.1, 0.15) is 5.75 Å². The van der Waals surface area contributed by atoms with E-state index in [1.165, 1.54) is 0 Å². The van der Waals surface area contributed by atoms with Gasteiger partial charge in [-0.3, -0.25) is 0 Å². The minimum atomic E-state index is 0.577. The summed E-state index contributed by atoms with van der Waals surface area (Å²) in [6, 6.07) is 3.75. The molecule has 5 nitrogen and oxygen atoms in total. The Morgan fingerprint density at radius 3 is 3.13 bits per heavy atom. The number of azide groups is 1. The second-order valence-corrected chi connectivity index (χ2v) is 3.25. The van der Waals surface area contributed by atoms with Gasteiger partial charge in [-0.2, -0.15) is 0 Å². The Morgan fingerprint density at radius 2 is 2.40 bits per heavy atom. The van der Waals surface area contributed by atoms with Crippen LogP contribution in [0.15, 0.2) is 17.2 Å². The van der Waals surface area contributed by atoms with Crippen LogP contribution in [0.3, 0.4) is 0 Å². The van der Waals surface area contributed by atoms with Crippen LogP contribution in [0, 0.1) is 0 Å². The van der Waals surface area contributed by atoms with Crippen LogP contribution in [0.4, 0.5) is 5.69 Å². The molecule has 0 radical (unpaired) electrons. The van der Waals surface area contributed by atoms with Gasteiger partial charge in [0.2, 0.25) is 0 Å². The molecule has 1 aromatic rings. The van der Waals surface area contributed by atoms with E-state index in [1.54, 1.807) is 13.2 Å². The smallest absolute Gasteiger partial charge is 0.128 e. The van der Waals surface area contributed by atoms with Crippen molar-refractivity contribution in [2.75, 3.05) is 13.7 Å². The number of methoxy groups -OCH3 is 1. The molecule has 78 valence electrons. The predicted molar refractivity (Wildman–Crippen MR) is 55.2 cm³/mol. The fourth-order valence-electron chi connectivity index (χ4n) is 1.75. The topological polar surface area (TPSA) is 67.2 Å². The lowest BCUT2D eigenvalue weighted by Gasteiger charge is -2.19. The second-order valence-electron chi connectivity index (χ2n) is 3.25. The van der Waals surface area contributed by atoms with Crippen molar-refractivity contribution in [3.63, 3.8) is 0 Å². The molecule has 0 amide bonds. The first-order valence-electron chi connectivity index (χ1n) is 4.68. The van der Waals surface area contributed by atoms with Crippen molar-refractivity contribution >= 4 is 5.69 Å². The van der Waals surface area contributed by atoms with Crippen LogP contribution in [0.25, 0.3) is 10.4 Å². The Morgan fingerprint density at radius 1 is 1.53 bits per heavy atom. The van der Waals surface area contributed by atoms with Crippen molar-refractivity contribution < 1.29 is 9.47 Å². The lowest BCUT2D eigenvalue weighted by Crippen LogP contribution is -2.10. The number of hydrogen-bond acceptors (Lipinski definition) is 3. The molecule has 0 aliphatic carbocycles. The Balaban J connectivity index is 2.58. The molecule has 15 heavy (non-hydrogen) atoms. The number of fused-ring (bicyclic) bond motifs is 1. The Hall–Kier alpha value is -1.71. The van der Waals surface area contributed by atoms with Crippen LogP contribution >= 0.6 is 0 Å². The van der Waals surface area contributed by atoms with Gasteiger partial charge in [-0.1, -0.05) is 11.2 Å². The molecule has 0 bridgehead atoms. The minimum absolute atomic E-state index is 0.577. The fraction of sp³-hybridized carbons (Fsp3) is 0.400. The molecule has 0 unspecified atom stereocenters. The van der Waals surface area contributed by atoms with E-state index >= 15 is 0 Å². The highest BCUT2D eigenvalue weighted by Gasteiger charge is 2.16. The molecule has 0 fully saturated rings.